The Morgan fingerprint density at radius 3 is 2.38 bits per heavy atom. The number of ether oxygens (including phenoxy) is 2. The summed E-state index contributed by atoms with van der Waals surface area (Å²) in [5, 5.41) is 4.20. The van der Waals surface area contributed by atoms with E-state index in [0.29, 0.717) is 24.0 Å². The second kappa shape index (κ2) is 14.1. The molecule has 2 atom stereocenters. The van der Waals surface area contributed by atoms with E-state index in [9.17, 15) is 9.36 Å². The lowest BCUT2D eigenvalue weighted by molar-refractivity contribution is -0.115. The molecule has 2 unspecified atom stereocenters. The maximum Gasteiger partial charge on any atom is 0.366 e. The van der Waals surface area contributed by atoms with Crippen molar-refractivity contribution in [1.29, 1.82) is 0 Å². The quantitative estimate of drug-likeness (QED) is 0.169. The zero-order chi connectivity index (χ0) is 27.8. The summed E-state index contributed by atoms with van der Waals surface area (Å²) in [5.41, 5.74) is 1.96. The van der Waals surface area contributed by atoms with Crippen LogP contribution in [-0.2, 0) is 29.6 Å². The molecule has 1 aromatic carbocycles. The highest BCUT2D eigenvalue weighted by Gasteiger charge is 2.39. The lowest BCUT2D eigenvalue weighted by atomic mass is 9.77. The molecule has 0 fully saturated rings. The molecule has 8 nitrogen and oxygen atoms in total. The molecule has 210 valence electrons. The average molecular weight is 559 g/mol. The fourth-order valence-corrected chi connectivity index (χ4v) is 6.32. The minimum Gasteiger partial charge on any atom is -0.492 e. The highest BCUT2D eigenvalue weighted by Crippen LogP contribution is 2.57. The van der Waals surface area contributed by atoms with Gasteiger partial charge in [0, 0.05) is 58.9 Å². The zero-order valence-corrected chi connectivity index (χ0v) is 25.2. The zero-order valence-electron chi connectivity index (χ0n) is 23.6. The molecule has 0 bridgehead atoms. The van der Waals surface area contributed by atoms with Crippen LogP contribution in [-0.4, -0.2) is 64.4 Å². The number of halogens is 1. The normalized spacial score (nSPS) is 18.5. The largest absolute Gasteiger partial charge is 0.492 e. The van der Waals surface area contributed by atoms with Crippen molar-refractivity contribution in [2.45, 2.75) is 66.0 Å². The molecule has 0 aliphatic carbocycles. The molecule has 2 rings (SSSR count). The standard InChI is InChI=1S/C27H44ClN2O6P/c1-9-35-37(32,36-10-2)25(18-30(6)7)23(31)17-22-20-16-21(28)24(34-13-11-12-33-8)14-19(20)15-26(29-22)27(3,4)5/h14,16,18,22,26,29H,9-13,15,17H2,1-8H3. The highest BCUT2D eigenvalue weighted by atomic mass is 35.5. The van der Waals surface area contributed by atoms with Crippen LogP contribution in [0.5, 0.6) is 5.75 Å². The Bertz CT molecular complexity index is 982. The Morgan fingerprint density at radius 1 is 1.19 bits per heavy atom. The number of methoxy groups -OCH3 is 1. The molecule has 0 saturated heterocycles. The number of Topliss-reactive ketones (excluding diaryl/α,β-unsaturated/α-hetero) is 1. The van der Waals surface area contributed by atoms with Crippen LogP contribution >= 0.6 is 19.2 Å². The summed E-state index contributed by atoms with van der Waals surface area (Å²) in [7, 11) is 1.41. The minimum absolute atomic E-state index is 0.0478. The number of fused-ring (bicyclic) bond motifs is 1. The second-order valence-corrected chi connectivity index (χ2v) is 12.9. The van der Waals surface area contributed by atoms with E-state index in [-0.39, 0.29) is 48.2 Å². The Morgan fingerprint density at radius 2 is 1.84 bits per heavy atom. The van der Waals surface area contributed by atoms with Gasteiger partial charge in [0.2, 0.25) is 0 Å². The lowest BCUT2D eigenvalue weighted by Gasteiger charge is -2.40. The van der Waals surface area contributed by atoms with E-state index in [4.69, 9.17) is 30.1 Å². The molecule has 0 spiro atoms. The van der Waals surface area contributed by atoms with E-state index >= 15 is 0 Å². The Kier molecular flexibility index (Phi) is 12.1. The number of nitrogens with one attached hydrogen (secondary N) is 1. The number of carbonyl (C=O) groups excluding carboxylic acids is 1. The number of allylic oxidation sites excluding steroid dienone is 1. The van der Waals surface area contributed by atoms with Crippen LogP contribution in [0.25, 0.3) is 0 Å². The van der Waals surface area contributed by atoms with Crippen molar-refractivity contribution >= 4 is 25.0 Å². The first-order chi connectivity index (χ1) is 17.4. The van der Waals surface area contributed by atoms with Gasteiger partial charge in [0.15, 0.2) is 5.78 Å². The monoisotopic (exact) mass is 558 g/mol. The summed E-state index contributed by atoms with van der Waals surface area (Å²) >= 11 is 6.62. The van der Waals surface area contributed by atoms with E-state index in [1.165, 1.54) is 0 Å². The van der Waals surface area contributed by atoms with Gasteiger partial charge < -0.3 is 28.7 Å². The first-order valence-corrected chi connectivity index (χ1v) is 14.8. The lowest BCUT2D eigenvalue weighted by Crippen LogP contribution is -2.47. The van der Waals surface area contributed by atoms with Gasteiger partial charge >= 0.3 is 7.60 Å². The molecule has 1 aromatic rings. The third kappa shape index (κ3) is 8.81. The highest BCUT2D eigenvalue weighted by molar-refractivity contribution is 7.60. The van der Waals surface area contributed by atoms with Crippen LogP contribution in [0, 0.1) is 5.41 Å². The van der Waals surface area contributed by atoms with Gasteiger partial charge in [0.05, 0.1) is 24.8 Å². The van der Waals surface area contributed by atoms with Gasteiger partial charge in [-0.2, -0.15) is 0 Å². The number of ketones is 1. The third-order valence-electron chi connectivity index (χ3n) is 6.14. The Hall–Kier alpha value is -1.41. The molecule has 1 N–H and O–H groups in total. The maximum atomic E-state index is 13.7. The number of carbonyl (C=O) groups is 1. The van der Waals surface area contributed by atoms with Crippen molar-refractivity contribution in [3.63, 3.8) is 0 Å². The average Bonchev–Trinajstić information content (AvgIpc) is 2.80. The molecule has 1 heterocycles. The minimum atomic E-state index is -3.79. The maximum absolute atomic E-state index is 13.7. The SMILES string of the molecule is CCOP(=O)(OCC)C(=CN(C)C)C(=O)CC1NC(C(C)(C)C)Cc2cc(OCCCOC)c(Cl)cc21. The van der Waals surface area contributed by atoms with Gasteiger partial charge in [0.1, 0.15) is 11.1 Å². The van der Waals surface area contributed by atoms with Crippen molar-refractivity contribution in [3.05, 3.63) is 39.8 Å². The fraction of sp³-hybridized carbons (Fsp3) is 0.667. The number of hydrogen-bond acceptors (Lipinski definition) is 8. The van der Waals surface area contributed by atoms with Crippen molar-refractivity contribution in [3.8, 4) is 5.75 Å². The van der Waals surface area contributed by atoms with Crippen molar-refractivity contribution in [2.75, 3.05) is 47.6 Å². The summed E-state index contributed by atoms with van der Waals surface area (Å²) < 4.78 is 35.7. The van der Waals surface area contributed by atoms with Gasteiger partial charge in [-0.25, -0.2) is 0 Å². The molecule has 1 aliphatic heterocycles. The smallest absolute Gasteiger partial charge is 0.366 e. The first-order valence-electron chi connectivity index (χ1n) is 12.9. The number of hydrogen-bond donors (Lipinski definition) is 1. The predicted molar refractivity (Wildman–Crippen MR) is 149 cm³/mol. The molecule has 1 aliphatic rings. The van der Waals surface area contributed by atoms with Crippen molar-refractivity contribution in [2.24, 2.45) is 5.41 Å². The summed E-state index contributed by atoms with van der Waals surface area (Å²) in [6.45, 7) is 11.4. The molecular formula is C27H44ClN2O6P. The topological polar surface area (TPSA) is 86.3 Å². The van der Waals surface area contributed by atoms with Gasteiger partial charge in [-0.15, -0.1) is 0 Å². The van der Waals surface area contributed by atoms with Crippen molar-refractivity contribution in [1.82, 2.24) is 10.2 Å². The van der Waals surface area contributed by atoms with Crippen LogP contribution in [0.2, 0.25) is 5.02 Å². The van der Waals surface area contributed by atoms with Crippen LogP contribution in [0.1, 0.15) is 64.6 Å². The second-order valence-electron chi connectivity index (χ2n) is 10.5. The molecule has 0 radical (unpaired) electrons. The van der Waals surface area contributed by atoms with Crippen molar-refractivity contribution < 1.29 is 27.9 Å². The molecular weight excluding hydrogens is 515 g/mol. The van der Waals surface area contributed by atoms with Crippen LogP contribution in [0.3, 0.4) is 0 Å². The van der Waals surface area contributed by atoms with E-state index < -0.39 is 7.60 Å². The van der Waals surface area contributed by atoms with Crippen LogP contribution in [0.15, 0.2) is 23.6 Å². The van der Waals surface area contributed by atoms with Gasteiger partial charge in [-0.3, -0.25) is 9.36 Å². The summed E-state index contributed by atoms with van der Waals surface area (Å²) in [6.07, 6.45) is 3.15. The van der Waals surface area contributed by atoms with E-state index in [2.05, 4.69) is 26.1 Å². The van der Waals surface area contributed by atoms with E-state index in [0.717, 1.165) is 24.0 Å². The van der Waals surface area contributed by atoms with Crippen LogP contribution < -0.4 is 10.1 Å². The number of rotatable bonds is 14. The number of benzene rings is 1. The molecule has 0 saturated carbocycles. The molecule has 10 heteroatoms. The summed E-state index contributed by atoms with van der Waals surface area (Å²) in [4.78, 5) is 15.4. The summed E-state index contributed by atoms with van der Waals surface area (Å²) in [6, 6.07) is 3.64. The molecule has 0 aromatic heterocycles. The first kappa shape index (κ1) is 31.8. The van der Waals surface area contributed by atoms with Gasteiger partial charge in [0.25, 0.3) is 0 Å². The molecule has 37 heavy (non-hydrogen) atoms. The predicted octanol–water partition coefficient (Wildman–Crippen LogP) is 5.99. The Labute approximate surface area is 227 Å². The molecule has 0 amide bonds. The van der Waals surface area contributed by atoms with Crippen LogP contribution in [0.4, 0.5) is 0 Å². The van der Waals surface area contributed by atoms with E-state index in [1.807, 2.05) is 12.1 Å². The number of nitrogens with zero attached hydrogens (tertiary/aromatic N) is 1. The van der Waals surface area contributed by atoms with Gasteiger partial charge in [-0.05, 0) is 48.9 Å². The third-order valence-corrected chi connectivity index (χ3v) is 8.59. The Balaban J connectivity index is 2.45. The summed E-state index contributed by atoms with van der Waals surface area (Å²) in [5.74, 6) is 0.328. The van der Waals surface area contributed by atoms with Gasteiger partial charge in [-0.1, -0.05) is 32.4 Å². The van der Waals surface area contributed by atoms with E-state index in [1.54, 1.807) is 46.2 Å². The fourth-order valence-electron chi connectivity index (χ4n) is 4.29.